The molecule has 1 fully saturated rings. The molecule has 1 aliphatic carbocycles. The van der Waals surface area contributed by atoms with Crippen molar-refractivity contribution in [2.24, 2.45) is 5.92 Å². The van der Waals surface area contributed by atoms with E-state index in [9.17, 15) is 4.79 Å². The fourth-order valence-electron chi connectivity index (χ4n) is 2.60. The SMILES string of the molecule is Cc1ccn(CCC2CCCC2)c(=O)c1C#N. The topological polar surface area (TPSA) is 45.8 Å². The molecule has 0 N–H and O–H groups in total. The second-order valence-corrected chi connectivity index (χ2v) is 4.92. The number of aromatic nitrogens is 1. The van der Waals surface area contributed by atoms with Gasteiger partial charge < -0.3 is 4.57 Å². The lowest BCUT2D eigenvalue weighted by molar-refractivity contribution is 0.452. The Morgan fingerprint density at radius 1 is 1.47 bits per heavy atom. The fourth-order valence-corrected chi connectivity index (χ4v) is 2.60. The Bertz CT molecular complexity index is 490. The van der Waals surface area contributed by atoms with Crippen LogP contribution in [0.2, 0.25) is 0 Å². The Hall–Kier alpha value is -1.56. The van der Waals surface area contributed by atoms with Gasteiger partial charge in [-0.2, -0.15) is 5.26 Å². The maximum Gasteiger partial charge on any atom is 0.268 e. The Kier molecular flexibility index (Phi) is 3.63. The smallest absolute Gasteiger partial charge is 0.268 e. The molecular formula is C14H18N2O. The van der Waals surface area contributed by atoms with Crippen molar-refractivity contribution in [1.29, 1.82) is 5.26 Å². The van der Waals surface area contributed by atoms with Crippen molar-refractivity contribution in [3.05, 3.63) is 33.7 Å². The van der Waals surface area contributed by atoms with Gasteiger partial charge in [0.25, 0.3) is 5.56 Å². The third-order valence-electron chi connectivity index (χ3n) is 3.74. The van der Waals surface area contributed by atoms with Crippen LogP contribution in [0.5, 0.6) is 0 Å². The highest BCUT2D eigenvalue weighted by atomic mass is 16.1. The number of rotatable bonds is 3. The molecule has 1 heterocycles. The van der Waals surface area contributed by atoms with Crippen molar-refractivity contribution < 1.29 is 0 Å². The summed E-state index contributed by atoms with van der Waals surface area (Å²) in [5.74, 6) is 0.772. The summed E-state index contributed by atoms with van der Waals surface area (Å²) >= 11 is 0. The van der Waals surface area contributed by atoms with Crippen LogP contribution in [-0.2, 0) is 6.54 Å². The van der Waals surface area contributed by atoms with Crippen LogP contribution in [0.4, 0.5) is 0 Å². The Labute approximate surface area is 102 Å². The largest absolute Gasteiger partial charge is 0.314 e. The number of nitriles is 1. The summed E-state index contributed by atoms with van der Waals surface area (Å²) in [5.41, 5.74) is 0.930. The van der Waals surface area contributed by atoms with Gasteiger partial charge in [0, 0.05) is 12.7 Å². The Balaban J connectivity index is 2.11. The van der Waals surface area contributed by atoms with E-state index < -0.39 is 0 Å². The van der Waals surface area contributed by atoms with Gasteiger partial charge in [-0.05, 0) is 30.9 Å². The van der Waals surface area contributed by atoms with Crippen molar-refractivity contribution in [1.82, 2.24) is 4.57 Å². The second kappa shape index (κ2) is 5.18. The third-order valence-corrected chi connectivity index (χ3v) is 3.74. The van der Waals surface area contributed by atoms with Crippen molar-refractivity contribution in [2.75, 3.05) is 0 Å². The molecule has 1 aliphatic rings. The molecule has 0 atom stereocenters. The lowest BCUT2D eigenvalue weighted by Crippen LogP contribution is -2.23. The van der Waals surface area contributed by atoms with E-state index in [0.717, 1.165) is 24.4 Å². The maximum atomic E-state index is 12.0. The van der Waals surface area contributed by atoms with Crippen molar-refractivity contribution in [3.8, 4) is 6.07 Å². The molecule has 1 aromatic heterocycles. The van der Waals surface area contributed by atoms with Crippen molar-refractivity contribution in [2.45, 2.75) is 45.6 Å². The molecule has 0 bridgehead atoms. The van der Waals surface area contributed by atoms with Crippen molar-refractivity contribution in [3.63, 3.8) is 0 Å². The zero-order valence-corrected chi connectivity index (χ0v) is 10.3. The Morgan fingerprint density at radius 2 is 2.18 bits per heavy atom. The van der Waals surface area contributed by atoms with E-state index in [2.05, 4.69) is 0 Å². The number of nitrogens with zero attached hydrogens (tertiary/aromatic N) is 2. The van der Waals surface area contributed by atoms with Crippen LogP contribution in [-0.4, -0.2) is 4.57 Å². The highest BCUT2D eigenvalue weighted by Crippen LogP contribution is 2.27. The first-order valence-corrected chi connectivity index (χ1v) is 6.32. The minimum absolute atomic E-state index is 0.134. The van der Waals surface area contributed by atoms with E-state index in [0.29, 0.717) is 5.56 Å². The molecule has 17 heavy (non-hydrogen) atoms. The van der Waals surface area contributed by atoms with Crippen LogP contribution in [0, 0.1) is 24.2 Å². The van der Waals surface area contributed by atoms with Crippen LogP contribution in [0.15, 0.2) is 17.1 Å². The van der Waals surface area contributed by atoms with Gasteiger partial charge in [0.15, 0.2) is 0 Å². The van der Waals surface area contributed by atoms with E-state index in [1.807, 2.05) is 18.3 Å². The van der Waals surface area contributed by atoms with Gasteiger partial charge in [0.2, 0.25) is 0 Å². The summed E-state index contributed by atoms with van der Waals surface area (Å²) in [7, 11) is 0. The maximum absolute atomic E-state index is 12.0. The van der Waals surface area contributed by atoms with E-state index in [1.54, 1.807) is 11.5 Å². The standard InChI is InChI=1S/C14H18N2O/c1-11-6-8-16(14(17)13(11)10-15)9-7-12-4-2-3-5-12/h6,8,12H,2-5,7,9H2,1H3. The summed E-state index contributed by atoms with van der Waals surface area (Å²) in [6.07, 6.45) is 8.13. The molecule has 90 valence electrons. The van der Waals surface area contributed by atoms with Gasteiger partial charge in [-0.25, -0.2) is 0 Å². The molecule has 0 aromatic carbocycles. The van der Waals surface area contributed by atoms with Gasteiger partial charge in [0.1, 0.15) is 11.6 Å². The summed E-state index contributed by atoms with van der Waals surface area (Å²) in [6.45, 7) is 2.56. The summed E-state index contributed by atoms with van der Waals surface area (Å²) < 4.78 is 1.68. The number of hydrogen-bond acceptors (Lipinski definition) is 2. The summed E-state index contributed by atoms with van der Waals surface area (Å²) in [4.78, 5) is 12.0. The highest BCUT2D eigenvalue weighted by Gasteiger charge is 2.15. The lowest BCUT2D eigenvalue weighted by Gasteiger charge is -2.11. The van der Waals surface area contributed by atoms with Gasteiger partial charge in [-0.15, -0.1) is 0 Å². The van der Waals surface area contributed by atoms with E-state index in [1.165, 1.54) is 25.7 Å². The molecular weight excluding hydrogens is 212 g/mol. The normalized spacial score (nSPS) is 16.0. The molecule has 0 spiro atoms. The van der Waals surface area contributed by atoms with Gasteiger partial charge >= 0.3 is 0 Å². The van der Waals surface area contributed by atoms with Crippen molar-refractivity contribution >= 4 is 0 Å². The average Bonchev–Trinajstić information content (AvgIpc) is 2.82. The van der Waals surface area contributed by atoms with Gasteiger partial charge in [-0.3, -0.25) is 4.79 Å². The number of hydrogen-bond donors (Lipinski definition) is 0. The van der Waals surface area contributed by atoms with E-state index in [4.69, 9.17) is 5.26 Å². The molecule has 1 saturated carbocycles. The molecule has 3 heteroatoms. The zero-order valence-electron chi connectivity index (χ0n) is 10.3. The van der Waals surface area contributed by atoms with E-state index in [-0.39, 0.29) is 5.56 Å². The van der Waals surface area contributed by atoms with Crippen LogP contribution >= 0.6 is 0 Å². The summed E-state index contributed by atoms with van der Waals surface area (Å²) in [5, 5.41) is 8.94. The van der Waals surface area contributed by atoms with E-state index >= 15 is 0 Å². The zero-order chi connectivity index (χ0) is 12.3. The monoisotopic (exact) mass is 230 g/mol. The third kappa shape index (κ3) is 2.58. The molecule has 0 radical (unpaired) electrons. The second-order valence-electron chi connectivity index (χ2n) is 4.92. The minimum Gasteiger partial charge on any atom is -0.314 e. The van der Waals surface area contributed by atoms with Crippen LogP contribution < -0.4 is 5.56 Å². The van der Waals surface area contributed by atoms with Gasteiger partial charge in [-0.1, -0.05) is 25.7 Å². The van der Waals surface area contributed by atoms with Gasteiger partial charge in [0.05, 0.1) is 0 Å². The van der Waals surface area contributed by atoms with Crippen LogP contribution in [0.1, 0.15) is 43.2 Å². The summed E-state index contributed by atoms with van der Waals surface area (Å²) in [6, 6.07) is 3.85. The first-order chi connectivity index (χ1) is 8.22. The quantitative estimate of drug-likeness (QED) is 0.801. The van der Waals surface area contributed by atoms with Crippen LogP contribution in [0.25, 0.3) is 0 Å². The van der Waals surface area contributed by atoms with Crippen LogP contribution in [0.3, 0.4) is 0 Å². The highest BCUT2D eigenvalue weighted by molar-refractivity contribution is 5.33. The molecule has 2 rings (SSSR count). The molecule has 1 aromatic rings. The minimum atomic E-state index is -0.134. The molecule has 3 nitrogen and oxygen atoms in total. The fraction of sp³-hybridized carbons (Fsp3) is 0.571. The first kappa shape index (κ1) is 11.9. The molecule has 0 unspecified atom stereocenters. The first-order valence-electron chi connectivity index (χ1n) is 6.32. The predicted molar refractivity (Wildman–Crippen MR) is 66.7 cm³/mol. The average molecular weight is 230 g/mol. The number of aryl methyl sites for hydroxylation is 2. The Morgan fingerprint density at radius 3 is 2.82 bits per heavy atom. The molecule has 0 aliphatic heterocycles. The predicted octanol–water partition coefficient (Wildman–Crippen LogP) is 2.61. The molecule has 0 saturated heterocycles. The number of pyridine rings is 1. The lowest BCUT2D eigenvalue weighted by atomic mass is 10.0. The molecule has 0 amide bonds.